The van der Waals surface area contributed by atoms with Gasteiger partial charge in [-0.2, -0.15) is 18.3 Å². The zero-order chi connectivity index (χ0) is 23.0. The first-order valence-corrected chi connectivity index (χ1v) is 8.68. The first-order chi connectivity index (χ1) is 13.7. The molecule has 0 amide bonds. The van der Waals surface area contributed by atoms with E-state index < -0.39 is 58.4 Å². The van der Waals surface area contributed by atoms with Crippen molar-refractivity contribution in [3.63, 3.8) is 0 Å². The number of carboxylic acids is 1. The number of nitrogens with zero attached hydrogens (tertiary/aromatic N) is 2. The molecule has 162 valence electrons. The van der Waals surface area contributed by atoms with Gasteiger partial charge in [0.05, 0.1) is 12.1 Å². The molecule has 1 atom stereocenters. The van der Waals surface area contributed by atoms with Crippen LogP contribution in [0.3, 0.4) is 0 Å². The molecule has 1 unspecified atom stereocenters. The number of Topliss-reactive ketones (excluding diaryl/α,β-unsaturated/α-hetero) is 1. The number of rotatable bonds is 5. The average molecular weight is 427 g/mol. The van der Waals surface area contributed by atoms with Crippen molar-refractivity contribution in [2.45, 2.75) is 44.9 Å². The Morgan fingerprint density at radius 3 is 2.27 bits per heavy atom. The van der Waals surface area contributed by atoms with Crippen molar-refractivity contribution in [2.24, 2.45) is 5.73 Å². The van der Waals surface area contributed by atoms with Crippen molar-refractivity contribution in [1.29, 1.82) is 0 Å². The molecular formula is C19H20F3N3O5. The highest BCUT2D eigenvalue weighted by atomic mass is 19.4. The molecule has 30 heavy (non-hydrogen) atoms. The van der Waals surface area contributed by atoms with Crippen LogP contribution in [0.1, 0.15) is 48.0 Å². The van der Waals surface area contributed by atoms with Crippen LogP contribution in [0.2, 0.25) is 0 Å². The number of aromatic nitrogens is 2. The topological polar surface area (TPSA) is 136 Å². The molecule has 8 nitrogen and oxygen atoms in total. The van der Waals surface area contributed by atoms with Gasteiger partial charge in [-0.1, -0.05) is 39.0 Å². The van der Waals surface area contributed by atoms with Gasteiger partial charge in [-0.15, -0.1) is 0 Å². The van der Waals surface area contributed by atoms with E-state index in [1.807, 2.05) is 0 Å². The molecule has 0 fully saturated rings. The molecule has 0 aliphatic carbocycles. The predicted octanol–water partition coefficient (Wildman–Crippen LogP) is 1.91. The van der Waals surface area contributed by atoms with Gasteiger partial charge in [-0.05, 0) is 11.6 Å². The van der Waals surface area contributed by atoms with Gasteiger partial charge in [0.15, 0.2) is 17.6 Å². The van der Waals surface area contributed by atoms with E-state index >= 15 is 0 Å². The van der Waals surface area contributed by atoms with E-state index in [-0.39, 0.29) is 11.3 Å². The molecule has 0 bridgehead atoms. The van der Waals surface area contributed by atoms with Gasteiger partial charge in [-0.3, -0.25) is 14.4 Å². The van der Waals surface area contributed by atoms with E-state index in [0.717, 1.165) is 12.1 Å². The fourth-order valence-corrected chi connectivity index (χ4v) is 2.76. The van der Waals surface area contributed by atoms with Gasteiger partial charge < -0.3 is 15.9 Å². The number of nitrogens with two attached hydrogens (primary N) is 1. The zero-order valence-electron chi connectivity index (χ0n) is 16.3. The largest absolute Gasteiger partial charge is 0.505 e. The number of hydrogen-bond donors (Lipinski definition) is 3. The summed E-state index contributed by atoms with van der Waals surface area (Å²) in [6.45, 7) is 4.08. The lowest BCUT2D eigenvalue weighted by Gasteiger charge is -2.22. The number of aliphatic carboxylic acids is 1. The molecule has 4 N–H and O–H groups in total. The molecule has 2 rings (SSSR count). The quantitative estimate of drug-likeness (QED) is 0.490. The molecule has 1 aromatic heterocycles. The Balaban J connectivity index is 2.77. The summed E-state index contributed by atoms with van der Waals surface area (Å²) in [5.41, 5.74) is 0.695. The van der Waals surface area contributed by atoms with E-state index in [1.165, 1.54) is 12.1 Å². The minimum atomic E-state index is -4.70. The SMILES string of the molecule is CC(C)(C)c1nn(Cc2ccccc2C(F)(F)F)c(=O)c(C(=O)C(N)C(=O)O)c1O. The van der Waals surface area contributed by atoms with Crippen LogP contribution in [0.4, 0.5) is 13.2 Å². The fourth-order valence-electron chi connectivity index (χ4n) is 2.76. The second-order valence-electron chi connectivity index (χ2n) is 7.62. The van der Waals surface area contributed by atoms with Crippen molar-refractivity contribution >= 4 is 11.8 Å². The highest BCUT2D eigenvalue weighted by Gasteiger charge is 2.35. The molecule has 0 aliphatic rings. The average Bonchev–Trinajstić information content (AvgIpc) is 2.61. The van der Waals surface area contributed by atoms with Crippen LogP contribution in [-0.4, -0.2) is 37.8 Å². The van der Waals surface area contributed by atoms with Crippen LogP contribution < -0.4 is 11.3 Å². The Morgan fingerprint density at radius 2 is 1.77 bits per heavy atom. The second kappa shape index (κ2) is 7.90. The molecule has 0 aliphatic heterocycles. The van der Waals surface area contributed by atoms with Gasteiger partial charge in [0, 0.05) is 5.41 Å². The van der Waals surface area contributed by atoms with Crippen LogP contribution in [0.5, 0.6) is 5.75 Å². The van der Waals surface area contributed by atoms with Crippen molar-refractivity contribution < 1.29 is 33.0 Å². The Labute approximate surface area is 168 Å². The Kier molecular flexibility index (Phi) is 6.08. The number of aromatic hydroxyl groups is 1. The fraction of sp³-hybridized carbons (Fsp3) is 0.368. The van der Waals surface area contributed by atoms with Crippen LogP contribution >= 0.6 is 0 Å². The minimum Gasteiger partial charge on any atom is -0.505 e. The summed E-state index contributed by atoms with van der Waals surface area (Å²) < 4.78 is 40.5. The maximum Gasteiger partial charge on any atom is 0.416 e. The van der Waals surface area contributed by atoms with Crippen LogP contribution in [-0.2, 0) is 22.9 Å². The van der Waals surface area contributed by atoms with Crippen molar-refractivity contribution in [1.82, 2.24) is 9.78 Å². The molecule has 1 aromatic carbocycles. The molecule has 1 heterocycles. The second-order valence-corrected chi connectivity index (χ2v) is 7.62. The van der Waals surface area contributed by atoms with Crippen molar-refractivity contribution in [3.8, 4) is 5.75 Å². The molecule has 0 saturated carbocycles. The summed E-state index contributed by atoms with van der Waals surface area (Å²) in [6, 6.07) is 2.35. The Morgan fingerprint density at radius 1 is 1.20 bits per heavy atom. The third kappa shape index (κ3) is 4.51. The molecular weight excluding hydrogens is 407 g/mol. The lowest BCUT2D eigenvalue weighted by atomic mass is 9.89. The number of alkyl halides is 3. The maximum atomic E-state index is 13.3. The number of carbonyl (C=O) groups is 2. The Hall–Kier alpha value is -3.21. The van der Waals surface area contributed by atoms with Gasteiger partial charge in [0.25, 0.3) is 5.56 Å². The molecule has 11 heteroatoms. The number of benzene rings is 1. The van der Waals surface area contributed by atoms with Gasteiger partial charge in [0.2, 0.25) is 0 Å². The standard InChI is InChI=1S/C19H20F3N3O5/c1-18(2,3)15-14(27)11(13(26)12(23)17(29)30)16(28)25(24-15)8-9-6-4-5-7-10(9)19(20,21)22/h4-7,12,27H,8,23H2,1-3H3,(H,29,30). The smallest absolute Gasteiger partial charge is 0.416 e. The van der Waals surface area contributed by atoms with Gasteiger partial charge in [-0.25, -0.2) is 4.68 Å². The number of halogens is 3. The zero-order valence-corrected chi connectivity index (χ0v) is 16.3. The Bertz CT molecular complexity index is 1050. The van der Waals surface area contributed by atoms with Crippen LogP contribution in [0.25, 0.3) is 0 Å². The molecule has 0 spiro atoms. The van der Waals surface area contributed by atoms with Crippen LogP contribution in [0, 0.1) is 0 Å². The molecule has 2 aromatic rings. The van der Waals surface area contributed by atoms with E-state index in [4.69, 9.17) is 10.8 Å². The highest BCUT2D eigenvalue weighted by Crippen LogP contribution is 2.33. The molecule has 0 radical (unpaired) electrons. The normalized spacial score (nSPS) is 13.2. The monoisotopic (exact) mass is 427 g/mol. The van der Waals surface area contributed by atoms with Crippen LogP contribution in [0.15, 0.2) is 29.1 Å². The van der Waals surface area contributed by atoms with Crippen molar-refractivity contribution in [3.05, 3.63) is 57.0 Å². The van der Waals surface area contributed by atoms with E-state index in [2.05, 4.69) is 5.10 Å². The van der Waals surface area contributed by atoms with E-state index in [1.54, 1.807) is 20.8 Å². The first kappa shape index (κ1) is 23.1. The number of carbonyl (C=O) groups excluding carboxylic acids is 1. The maximum absolute atomic E-state index is 13.3. The van der Waals surface area contributed by atoms with Crippen molar-refractivity contribution in [2.75, 3.05) is 0 Å². The summed E-state index contributed by atoms with van der Waals surface area (Å²) in [5, 5.41) is 23.4. The number of carboxylic acid groups (broad SMARTS) is 1. The first-order valence-electron chi connectivity index (χ1n) is 8.68. The van der Waals surface area contributed by atoms with Gasteiger partial charge >= 0.3 is 12.1 Å². The predicted molar refractivity (Wildman–Crippen MR) is 99.3 cm³/mol. The van der Waals surface area contributed by atoms with E-state index in [0.29, 0.717) is 4.68 Å². The summed E-state index contributed by atoms with van der Waals surface area (Å²) in [7, 11) is 0. The van der Waals surface area contributed by atoms with E-state index in [9.17, 15) is 32.7 Å². The summed E-state index contributed by atoms with van der Waals surface area (Å²) in [5.74, 6) is -3.97. The number of hydrogen-bond acceptors (Lipinski definition) is 6. The third-order valence-corrected chi connectivity index (χ3v) is 4.28. The third-order valence-electron chi connectivity index (χ3n) is 4.28. The summed E-state index contributed by atoms with van der Waals surface area (Å²) in [6.07, 6.45) is -4.70. The summed E-state index contributed by atoms with van der Waals surface area (Å²) in [4.78, 5) is 36.3. The highest BCUT2D eigenvalue weighted by molar-refractivity contribution is 6.12. The lowest BCUT2D eigenvalue weighted by molar-refractivity contribution is -0.138. The van der Waals surface area contributed by atoms with Gasteiger partial charge in [0.1, 0.15) is 11.3 Å². The minimum absolute atomic E-state index is 0.174. The summed E-state index contributed by atoms with van der Waals surface area (Å²) >= 11 is 0. The number of ketones is 1. The molecule has 0 saturated heterocycles. The lowest BCUT2D eigenvalue weighted by Crippen LogP contribution is -2.43.